The van der Waals surface area contributed by atoms with Gasteiger partial charge < -0.3 is 10.0 Å². The standard InChI is InChI=1S/C54H34.C30H21BO2.C24H15Br/c1-2-12-38-30-40(24-20-35(38)10-1)39-13-9-14-45(32-39)53-48-16-5-7-18-50(48)54(51-19-8-6-17-49(51)53)46-29-28-41-31-42(26-27-43(41)33-46)44-25-23-37-22-21-36-11-3-4-15-47(36)52(37)34-44;32-31(33)30-27-14-5-3-12-25(27)29(26-13-4-6-15-28(26)30)24-11-7-10-22(19-24)23-17-16-20-8-1-2-9-21(20)18-23;25-22-12-11-19-13-18(9-10-20(19)14-22)21-8-7-17-6-5-16-3-1-2-4-23(16)24(17)15-21/h1-34H;1-19,32-33H;1-15H. The predicted molar refractivity (Wildman–Crippen MR) is 485 cm³/mol. The molecule has 0 radical (unpaired) electrons. The molecule has 0 unspecified atom stereocenters. The molecule has 0 fully saturated rings. The van der Waals surface area contributed by atoms with Gasteiger partial charge in [0.25, 0.3) is 0 Å². The SMILES string of the molecule is Brc1ccc2cc(-c3ccc4ccc5ccccc5c4c3)ccc2c1.OB(O)c1c2ccccc2c(-c2cccc(-c3ccc4ccccc4c3)c2)c2ccccc12.c1cc(-c2ccc3ccccc3c2)cc(-c2c3ccccc3c(-c3ccc4cc(-c5ccc6ccc7ccccc7c6c5)ccc4c3)c3ccccc23)c1. The van der Waals surface area contributed by atoms with Crippen molar-refractivity contribution in [3.8, 4) is 77.9 Å². The van der Waals surface area contributed by atoms with E-state index in [1.807, 2.05) is 36.4 Å². The number of hydrogen-bond acceptors (Lipinski definition) is 2. The molecule has 0 aliphatic heterocycles. The minimum atomic E-state index is -1.54. The van der Waals surface area contributed by atoms with Crippen LogP contribution in [0.2, 0.25) is 0 Å². The average Bonchev–Trinajstić information content (AvgIpc) is 0.737. The highest BCUT2D eigenvalue weighted by atomic mass is 79.9. The van der Waals surface area contributed by atoms with Crippen LogP contribution in [-0.2, 0) is 0 Å². The third kappa shape index (κ3) is 12.6. The molecule has 22 rings (SSSR count). The maximum atomic E-state index is 10.2. The first-order valence-corrected chi connectivity index (χ1v) is 39.0. The van der Waals surface area contributed by atoms with E-state index in [4.69, 9.17) is 0 Å². The molecule has 22 aromatic rings. The van der Waals surface area contributed by atoms with Gasteiger partial charge in [-0.2, -0.15) is 0 Å². The van der Waals surface area contributed by atoms with Gasteiger partial charge in [-0.3, -0.25) is 0 Å². The molecule has 22 aromatic carbocycles. The van der Waals surface area contributed by atoms with Crippen molar-refractivity contribution in [2.75, 3.05) is 0 Å². The molecule has 0 spiro atoms. The van der Waals surface area contributed by atoms with E-state index in [-0.39, 0.29) is 0 Å². The van der Waals surface area contributed by atoms with E-state index in [9.17, 15) is 10.0 Å². The summed E-state index contributed by atoms with van der Waals surface area (Å²) < 4.78 is 1.12. The maximum absolute atomic E-state index is 10.2. The molecule has 0 aliphatic carbocycles. The van der Waals surface area contributed by atoms with Crippen LogP contribution in [-0.4, -0.2) is 17.2 Å². The summed E-state index contributed by atoms with van der Waals surface area (Å²) in [5, 5.41) is 49.5. The summed E-state index contributed by atoms with van der Waals surface area (Å²) in [4.78, 5) is 0. The van der Waals surface area contributed by atoms with Crippen molar-refractivity contribution in [3.05, 3.63) is 417 Å². The highest BCUT2D eigenvalue weighted by molar-refractivity contribution is 9.10. The second-order valence-electron chi connectivity index (χ2n) is 29.3. The van der Waals surface area contributed by atoms with Gasteiger partial charge >= 0.3 is 7.12 Å². The molecular weight excluding hydrogens is 1420 g/mol. The van der Waals surface area contributed by atoms with E-state index in [0.29, 0.717) is 5.46 Å². The van der Waals surface area contributed by atoms with Crippen molar-refractivity contribution in [3.63, 3.8) is 0 Å². The average molecular weight is 1490 g/mol. The fraction of sp³-hybridized carbons (Fsp3) is 0. The summed E-state index contributed by atoms with van der Waals surface area (Å²) in [5.74, 6) is 0. The lowest BCUT2D eigenvalue weighted by Crippen LogP contribution is -2.31. The lowest BCUT2D eigenvalue weighted by Gasteiger charge is -2.18. The van der Waals surface area contributed by atoms with Gasteiger partial charge in [-0.1, -0.05) is 362 Å². The molecule has 112 heavy (non-hydrogen) atoms. The molecule has 0 bridgehead atoms. The van der Waals surface area contributed by atoms with E-state index in [0.717, 1.165) is 42.7 Å². The molecule has 0 aromatic heterocycles. The number of fused-ring (bicyclic) bond motifs is 14. The largest absolute Gasteiger partial charge is 0.489 e. The minimum Gasteiger partial charge on any atom is -0.423 e. The van der Waals surface area contributed by atoms with E-state index in [1.54, 1.807) is 0 Å². The molecule has 2 N–H and O–H groups in total. The predicted octanol–water partition coefficient (Wildman–Crippen LogP) is 29.0. The molecule has 0 amide bonds. The van der Waals surface area contributed by atoms with Crippen LogP contribution in [0.25, 0.3) is 207 Å². The maximum Gasteiger partial charge on any atom is 0.489 e. The van der Waals surface area contributed by atoms with Gasteiger partial charge in [0.2, 0.25) is 0 Å². The minimum absolute atomic E-state index is 0.552. The molecule has 0 saturated heterocycles. The van der Waals surface area contributed by atoms with Crippen molar-refractivity contribution >= 4 is 158 Å². The Labute approximate surface area is 657 Å². The zero-order chi connectivity index (χ0) is 74.8. The van der Waals surface area contributed by atoms with E-state index in [2.05, 4.69) is 392 Å². The fourth-order valence-corrected chi connectivity index (χ4v) is 17.7. The zero-order valence-electron chi connectivity index (χ0n) is 61.1. The normalized spacial score (nSPS) is 11.5. The van der Waals surface area contributed by atoms with E-state index >= 15 is 0 Å². The van der Waals surface area contributed by atoms with Crippen molar-refractivity contribution in [2.24, 2.45) is 0 Å². The Morgan fingerprint density at radius 1 is 0.152 bits per heavy atom. The summed E-state index contributed by atoms with van der Waals surface area (Å²) in [6.45, 7) is 0. The Hall–Kier alpha value is -13.6. The Morgan fingerprint density at radius 3 is 0.759 bits per heavy atom. The lowest BCUT2D eigenvalue weighted by atomic mass is 9.72. The van der Waals surface area contributed by atoms with Gasteiger partial charge in [0.05, 0.1) is 0 Å². The van der Waals surface area contributed by atoms with Crippen LogP contribution in [0.4, 0.5) is 0 Å². The summed E-state index contributed by atoms with van der Waals surface area (Å²) in [6.07, 6.45) is 0. The third-order valence-electron chi connectivity index (χ3n) is 22.7. The Kier molecular flexibility index (Phi) is 17.4. The summed E-state index contributed by atoms with van der Waals surface area (Å²) in [5.41, 5.74) is 17.5. The molecule has 2 nitrogen and oxygen atoms in total. The van der Waals surface area contributed by atoms with Crippen molar-refractivity contribution in [2.45, 2.75) is 0 Å². The second kappa shape index (κ2) is 28.8. The van der Waals surface area contributed by atoms with Gasteiger partial charge in [-0.15, -0.1) is 0 Å². The first-order valence-electron chi connectivity index (χ1n) is 38.2. The van der Waals surface area contributed by atoms with Crippen LogP contribution >= 0.6 is 15.9 Å². The monoisotopic (exact) mass is 1490 g/mol. The third-order valence-corrected chi connectivity index (χ3v) is 23.2. The first kappa shape index (κ1) is 67.8. The van der Waals surface area contributed by atoms with Gasteiger partial charge in [0.15, 0.2) is 0 Å². The van der Waals surface area contributed by atoms with E-state index in [1.165, 1.54) is 169 Å². The molecule has 4 heteroatoms. The zero-order valence-corrected chi connectivity index (χ0v) is 62.7. The first-order chi connectivity index (χ1) is 55.2. The number of halogens is 1. The van der Waals surface area contributed by atoms with Crippen molar-refractivity contribution in [1.82, 2.24) is 0 Å². The topological polar surface area (TPSA) is 40.5 Å². The summed E-state index contributed by atoms with van der Waals surface area (Å²) in [6, 6.07) is 149. The number of rotatable bonds is 8. The van der Waals surface area contributed by atoms with Crippen LogP contribution in [0, 0.1) is 0 Å². The van der Waals surface area contributed by atoms with Crippen LogP contribution in [0.15, 0.2) is 417 Å². The van der Waals surface area contributed by atoms with Crippen LogP contribution in [0.1, 0.15) is 0 Å². The highest BCUT2D eigenvalue weighted by Gasteiger charge is 2.24. The summed E-state index contributed by atoms with van der Waals surface area (Å²) >= 11 is 3.55. The molecule has 0 heterocycles. The quantitative estimate of drug-likeness (QED) is 0.0904. The molecule has 0 aliphatic rings. The fourth-order valence-electron chi connectivity index (χ4n) is 17.3. The molecule has 0 saturated carbocycles. The van der Waals surface area contributed by atoms with Gasteiger partial charge in [-0.05, 0) is 279 Å². The number of hydrogen-bond donors (Lipinski definition) is 2. The van der Waals surface area contributed by atoms with Crippen LogP contribution in [0.5, 0.6) is 0 Å². The van der Waals surface area contributed by atoms with Crippen LogP contribution in [0.3, 0.4) is 0 Å². The van der Waals surface area contributed by atoms with Crippen molar-refractivity contribution < 1.29 is 10.0 Å². The number of benzene rings is 22. The molecule has 0 atom stereocenters. The van der Waals surface area contributed by atoms with Gasteiger partial charge in [0, 0.05) is 4.47 Å². The molecular formula is C108H70BBrO2. The molecule has 524 valence electrons. The smallest absolute Gasteiger partial charge is 0.423 e. The lowest BCUT2D eigenvalue weighted by molar-refractivity contribution is 0.426. The van der Waals surface area contributed by atoms with Crippen LogP contribution < -0.4 is 5.46 Å². The Balaban J connectivity index is 0.000000120. The van der Waals surface area contributed by atoms with Crippen molar-refractivity contribution in [1.29, 1.82) is 0 Å². The Bertz CT molecular complexity index is 7410. The van der Waals surface area contributed by atoms with Gasteiger partial charge in [0.1, 0.15) is 0 Å². The Morgan fingerprint density at radius 2 is 0.375 bits per heavy atom. The van der Waals surface area contributed by atoms with Gasteiger partial charge in [-0.25, -0.2) is 0 Å². The summed E-state index contributed by atoms with van der Waals surface area (Å²) in [7, 11) is -1.54. The highest BCUT2D eigenvalue weighted by Crippen LogP contribution is 2.46. The second-order valence-corrected chi connectivity index (χ2v) is 30.2. The van der Waals surface area contributed by atoms with E-state index < -0.39 is 7.12 Å².